The molecule has 0 spiro atoms. The normalized spacial score (nSPS) is 17.1. The first-order chi connectivity index (χ1) is 12.9. The van der Waals surface area contributed by atoms with Crippen molar-refractivity contribution in [1.82, 2.24) is 25.4 Å². The Bertz CT molecular complexity index is 809. The number of carbonyl (C=O) groups is 2. The fourth-order valence-corrected chi connectivity index (χ4v) is 2.80. The Hall–Kier alpha value is -2.98. The van der Waals surface area contributed by atoms with Crippen LogP contribution in [0.3, 0.4) is 0 Å². The largest absolute Gasteiger partial charge is 0.471 e. The summed E-state index contributed by atoms with van der Waals surface area (Å²) in [7, 11) is 0. The maximum atomic E-state index is 12.6. The molecular weight excluding hydrogens is 367 g/mol. The number of pyridine rings is 1. The summed E-state index contributed by atoms with van der Waals surface area (Å²) < 4.78 is 43.2. The van der Waals surface area contributed by atoms with Gasteiger partial charge in [-0.05, 0) is 25.0 Å². The highest BCUT2D eigenvalue weighted by molar-refractivity contribution is 5.90. The number of rotatable bonds is 5. The molecular formula is C16H16F3N5O3. The molecule has 3 rings (SSSR count). The minimum absolute atomic E-state index is 0.0898. The molecule has 3 heterocycles. The molecule has 2 aromatic rings. The van der Waals surface area contributed by atoms with Gasteiger partial charge in [0.05, 0.1) is 0 Å². The van der Waals surface area contributed by atoms with Gasteiger partial charge in [0.15, 0.2) is 0 Å². The van der Waals surface area contributed by atoms with Crippen LogP contribution in [-0.4, -0.2) is 57.2 Å². The Morgan fingerprint density at radius 1 is 1.30 bits per heavy atom. The third kappa shape index (κ3) is 4.41. The quantitative estimate of drug-likeness (QED) is 0.836. The van der Waals surface area contributed by atoms with Gasteiger partial charge in [-0.3, -0.25) is 14.6 Å². The summed E-state index contributed by atoms with van der Waals surface area (Å²) in [6.45, 7) is 0.000752. The van der Waals surface area contributed by atoms with Gasteiger partial charge >= 0.3 is 12.1 Å². The summed E-state index contributed by atoms with van der Waals surface area (Å²) in [6, 6.07) is 4.09. The van der Waals surface area contributed by atoms with Crippen molar-refractivity contribution in [1.29, 1.82) is 0 Å². The Labute approximate surface area is 151 Å². The molecule has 8 nitrogen and oxygen atoms in total. The van der Waals surface area contributed by atoms with Crippen LogP contribution in [0.1, 0.15) is 18.7 Å². The minimum atomic E-state index is -4.99. The number of carbonyl (C=O) groups excluding carboxylic acids is 2. The number of likely N-dealkylation sites (tertiary alicyclic amines) is 1. The number of aromatic nitrogens is 3. The summed E-state index contributed by atoms with van der Waals surface area (Å²) in [5.41, 5.74) is 0.507. The molecule has 27 heavy (non-hydrogen) atoms. The van der Waals surface area contributed by atoms with Crippen LogP contribution in [0.15, 0.2) is 28.8 Å². The number of hydrogen-bond donors (Lipinski definition) is 1. The predicted molar refractivity (Wildman–Crippen MR) is 85.0 cm³/mol. The van der Waals surface area contributed by atoms with Gasteiger partial charge in [0.25, 0.3) is 5.89 Å². The molecule has 2 aromatic heterocycles. The maximum Gasteiger partial charge on any atom is 0.471 e. The van der Waals surface area contributed by atoms with Crippen LogP contribution in [0, 0.1) is 0 Å². The van der Waals surface area contributed by atoms with Gasteiger partial charge < -0.3 is 14.6 Å². The highest BCUT2D eigenvalue weighted by Gasteiger charge is 2.47. The van der Waals surface area contributed by atoms with E-state index in [1.807, 2.05) is 0 Å². The van der Waals surface area contributed by atoms with E-state index in [2.05, 4.69) is 20.5 Å². The van der Waals surface area contributed by atoms with Gasteiger partial charge in [0.1, 0.15) is 11.7 Å². The second-order valence-corrected chi connectivity index (χ2v) is 5.91. The summed E-state index contributed by atoms with van der Waals surface area (Å²) in [4.78, 5) is 28.2. The molecule has 1 fully saturated rings. The van der Waals surface area contributed by atoms with Gasteiger partial charge in [0.2, 0.25) is 11.8 Å². The molecule has 1 aliphatic rings. The van der Waals surface area contributed by atoms with Gasteiger partial charge in [-0.2, -0.15) is 13.2 Å². The molecule has 0 aliphatic carbocycles. The summed E-state index contributed by atoms with van der Waals surface area (Å²) in [5.74, 6) is -2.13. The van der Waals surface area contributed by atoms with Crippen LogP contribution in [0.2, 0.25) is 0 Å². The molecule has 1 N–H and O–H groups in total. The molecule has 0 radical (unpaired) electrons. The van der Waals surface area contributed by atoms with Crippen molar-refractivity contribution in [3.05, 3.63) is 30.3 Å². The molecule has 11 heteroatoms. The third-order valence-electron chi connectivity index (χ3n) is 4.05. The Morgan fingerprint density at radius 3 is 2.81 bits per heavy atom. The van der Waals surface area contributed by atoms with Gasteiger partial charge in [-0.1, -0.05) is 6.07 Å². The van der Waals surface area contributed by atoms with Crippen molar-refractivity contribution in [3.63, 3.8) is 0 Å². The van der Waals surface area contributed by atoms with E-state index in [1.165, 1.54) is 0 Å². The molecule has 1 unspecified atom stereocenters. The van der Waals surface area contributed by atoms with Gasteiger partial charge in [0, 0.05) is 25.7 Å². The van der Waals surface area contributed by atoms with E-state index < -0.39 is 24.0 Å². The van der Waals surface area contributed by atoms with Crippen LogP contribution >= 0.6 is 0 Å². The van der Waals surface area contributed by atoms with Crippen LogP contribution in [0.4, 0.5) is 13.2 Å². The number of nitrogens with one attached hydrogen (secondary N) is 1. The average Bonchev–Trinajstić information content (AvgIpc) is 3.30. The van der Waals surface area contributed by atoms with Crippen molar-refractivity contribution < 1.29 is 27.2 Å². The van der Waals surface area contributed by atoms with Crippen LogP contribution < -0.4 is 5.32 Å². The Kier molecular flexibility index (Phi) is 5.38. The summed E-state index contributed by atoms with van der Waals surface area (Å²) >= 11 is 0. The van der Waals surface area contributed by atoms with Crippen LogP contribution in [0.25, 0.3) is 11.6 Å². The van der Waals surface area contributed by atoms with E-state index in [-0.39, 0.29) is 37.7 Å². The summed E-state index contributed by atoms with van der Waals surface area (Å²) in [6.07, 6.45) is -2.68. The fourth-order valence-electron chi connectivity index (χ4n) is 2.80. The highest BCUT2D eigenvalue weighted by Crippen LogP contribution is 2.25. The van der Waals surface area contributed by atoms with Crippen molar-refractivity contribution in [2.24, 2.45) is 0 Å². The van der Waals surface area contributed by atoms with E-state index >= 15 is 0 Å². The van der Waals surface area contributed by atoms with Crippen molar-refractivity contribution >= 4 is 11.8 Å². The summed E-state index contributed by atoms with van der Waals surface area (Å²) in [5, 5.41) is 10.2. The van der Waals surface area contributed by atoms with E-state index in [0.717, 1.165) is 0 Å². The number of nitrogens with zero attached hydrogens (tertiary/aromatic N) is 4. The lowest BCUT2D eigenvalue weighted by Gasteiger charge is -2.24. The molecule has 144 valence electrons. The highest BCUT2D eigenvalue weighted by atomic mass is 19.4. The zero-order valence-electron chi connectivity index (χ0n) is 14.1. The Morgan fingerprint density at radius 2 is 2.11 bits per heavy atom. The van der Waals surface area contributed by atoms with Crippen LogP contribution in [0.5, 0.6) is 0 Å². The van der Waals surface area contributed by atoms with Gasteiger partial charge in [-0.25, -0.2) is 0 Å². The first-order valence-corrected chi connectivity index (χ1v) is 8.25. The second-order valence-electron chi connectivity index (χ2n) is 5.91. The smallest absolute Gasteiger partial charge is 0.419 e. The first kappa shape index (κ1) is 18.8. The second kappa shape index (κ2) is 7.72. The third-order valence-corrected chi connectivity index (χ3v) is 4.05. The number of amides is 2. The Balaban J connectivity index is 1.52. The lowest BCUT2D eigenvalue weighted by Crippen LogP contribution is -2.50. The molecule has 2 amide bonds. The number of alkyl halides is 3. The lowest BCUT2D eigenvalue weighted by molar-refractivity contribution is -0.186. The molecule has 0 saturated carbocycles. The van der Waals surface area contributed by atoms with Crippen LogP contribution in [-0.2, 0) is 16.0 Å². The maximum absolute atomic E-state index is 12.6. The zero-order valence-corrected chi connectivity index (χ0v) is 14.1. The molecule has 0 aromatic carbocycles. The topological polar surface area (TPSA) is 101 Å². The number of hydrogen-bond acceptors (Lipinski definition) is 6. The van der Waals surface area contributed by atoms with Crippen molar-refractivity contribution in [2.75, 3.05) is 13.1 Å². The van der Waals surface area contributed by atoms with E-state index in [4.69, 9.17) is 4.42 Å². The van der Waals surface area contributed by atoms with Crippen molar-refractivity contribution in [3.8, 4) is 11.6 Å². The fraction of sp³-hybridized carbons (Fsp3) is 0.438. The number of halogens is 3. The van der Waals surface area contributed by atoms with Gasteiger partial charge in [-0.15, -0.1) is 10.2 Å². The molecule has 1 saturated heterocycles. The van der Waals surface area contributed by atoms with E-state index in [0.29, 0.717) is 17.0 Å². The monoisotopic (exact) mass is 383 g/mol. The first-order valence-electron chi connectivity index (χ1n) is 8.25. The molecule has 0 bridgehead atoms. The average molecular weight is 383 g/mol. The zero-order chi connectivity index (χ0) is 19.4. The molecule has 1 atom stereocenters. The molecule has 1 aliphatic heterocycles. The minimum Gasteiger partial charge on any atom is -0.419 e. The van der Waals surface area contributed by atoms with Crippen molar-refractivity contribution in [2.45, 2.75) is 31.5 Å². The predicted octanol–water partition coefficient (Wildman–Crippen LogP) is 1.34. The van der Waals surface area contributed by atoms with E-state index in [9.17, 15) is 22.8 Å². The van der Waals surface area contributed by atoms with E-state index in [1.54, 1.807) is 24.4 Å². The lowest BCUT2D eigenvalue weighted by atomic mass is 10.2. The SMILES string of the molecule is O=C(NCCc1nnc(-c2ccccn2)o1)C1CCCN1C(=O)C(F)(F)F. The standard InChI is InChI=1S/C16H16F3N5O3/c17-16(18,19)15(26)24-9-3-5-11(24)13(25)21-8-6-12-22-23-14(27-12)10-4-1-2-7-20-10/h1-2,4,7,11H,3,5-6,8-9H2,(H,21,25).